The Morgan fingerprint density at radius 3 is 2.57 bits per heavy atom. The van der Waals surface area contributed by atoms with Crippen LogP contribution in [0.1, 0.15) is 18.9 Å². The Bertz CT molecular complexity index is 495. The van der Waals surface area contributed by atoms with Gasteiger partial charge in [-0.3, -0.25) is 14.9 Å². The molecule has 0 aromatic heterocycles. The third-order valence-electron chi connectivity index (χ3n) is 3.15. The van der Waals surface area contributed by atoms with Crippen LogP contribution in [0.25, 0.3) is 0 Å². The van der Waals surface area contributed by atoms with Crippen molar-refractivity contribution in [3.05, 3.63) is 39.9 Å². The molecule has 1 heterocycles. The van der Waals surface area contributed by atoms with Gasteiger partial charge in [0.15, 0.2) is 6.29 Å². The van der Waals surface area contributed by atoms with Crippen molar-refractivity contribution >= 4 is 11.7 Å². The number of nitro benzene ring substituents is 1. The van der Waals surface area contributed by atoms with Gasteiger partial charge < -0.3 is 14.2 Å². The zero-order valence-electron chi connectivity index (χ0n) is 11.7. The number of carbonyl (C=O) groups is 1. The Hall–Kier alpha value is -1.99. The summed E-state index contributed by atoms with van der Waals surface area (Å²) in [6.07, 6.45) is -0.144. The lowest BCUT2D eigenvalue weighted by Crippen LogP contribution is -2.22. The molecule has 1 atom stereocenters. The summed E-state index contributed by atoms with van der Waals surface area (Å²) < 4.78 is 15.8. The van der Waals surface area contributed by atoms with Crippen LogP contribution in [0.2, 0.25) is 0 Å². The van der Waals surface area contributed by atoms with E-state index in [1.54, 1.807) is 12.1 Å². The third-order valence-corrected chi connectivity index (χ3v) is 3.15. The van der Waals surface area contributed by atoms with Crippen molar-refractivity contribution in [2.75, 3.05) is 13.2 Å². The summed E-state index contributed by atoms with van der Waals surface area (Å²) in [6.45, 7) is 3.05. The minimum absolute atomic E-state index is 0.00855. The van der Waals surface area contributed by atoms with Gasteiger partial charge in [0.05, 0.1) is 24.6 Å². The molecule has 2 rings (SSSR count). The Morgan fingerprint density at radius 2 is 2.00 bits per heavy atom. The molecule has 1 saturated heterocycles. The van der Waals surface area contributed by atoms with E-state index in [1.807, 2.05) is 6.92 Å². The van der Waals surface area contributed by atoms with Crippen molar-refractivity contribution in [3.8, 4) is 0 Å². The van der Waals surface area contributed by atoms with Gasteiger partial charge in [-0.2, -0.15) is 0 Å². The van der Waals surface area contributed by atoms with E-state index in [2.05, 4.69) is 0 Å². The molecule has 1 aliphatic rings. The molecule has 7 heteroatoms. The number of nitro groups is 1. The van der Waals surface area contributed by atoms with Crippen molar-refractivity contribution in [2.45, 2.75) is 26.2 Å². The number of carbonyl (C=O) groups excluding carboxylic acids is 1. The van der Waals surface area contributed by atoms with Gasteiger partial charge in [0, 0.05) is 18.1 Å². The molecular formula is C14H17NO6. The fourth-order valence-corrected chi connectivity index (χ4v) is 2.00. The van der Waals surface area contributed by atoms with Crippen molar-refractivity contribution in [3.63, 3.8) is 0 Å². The van der Waals surface area contributed by atoms with Crippen molar-refractivity contribution < 1.29 is 23.9 Å². The number of rotatable bonds is 6. The quantitative estimate of drug-likeness (QED) is 0.453. The van der Waals surface area contributed by atoms with Gasteiger partial charge in [-0.25, -0.2) is 0 Å². The smallest absolute Gasteiger partial charge is 0.306 e. The molecular weight excluding hydrogens is 278 g/mol. The number of non-ortho nitro benzene ring substituents is 1. The van der Waals surface area contributed by atoms with Crippen LogP contribution in [0.3, 0.4) is 0 Å². The van der Waals surface area contributed by atoms with Gasteiger partial charge in [-0.05, 0) is 17.7 Å². The zero-order valence-corrected chi connectivity index (χ0v) is 11.7. The molecule has 7 nitrogen and oxygen atoms in total. The molecule has 0 amide bonds. The summed E-state index contributed by atoms with van der Waals surface area (Å²) in [6, 6.07) is 5.90. The van der Waals surface area contributed by atoms with Gasteiger partial charge in [0.25, 0.3) is 5.69 Å². The van der Waals surface area contributed by atoms with Crippen LogP contribution < -0.4 is 0 Å². The average molecular weight is 295 g/mol. The molecule has 0 saturated carbocycles. The Labute approximate surface area is 122 Å². The number of ether oxygens (including phenoxy) is 3. The van der Waals surface area contributed by atoms with Crippen molar-refractivity contribution in [2.24, 2.45) is 5.92 Å². The molecule has 1 unspecified atom stereocenters. The predicted molar refractivity (Wildman–Crippen MR) is 72.4 cm³/mol. The van der Waals surface area contributed by atoms with Crippen LogP contribution in [0.5, 0.6) is 0 Å². The average Bonchev–Trinajstić information content (AvgIpc) is 3.00. The lowest BCUT2D eigenvalue weighted by molar-refractivity contribution is -0.384. The molecule has 114 valence electrons. The monoisotopic (exact) mass is 295 g/mol. The topological polar surface area (TPSA) is 87.9 Å². The first kappa shape index (κ1) is 15.4. The lowest BCUT2D eigenvalue weighted by Gasteiger charge is -2.16. The Balaban J connectivity index is 1.76. The predicted octanol–water partition coefficient (Wildman–Crippen LogP) is 2.04. The highest BCUT2D eigenvalue weighted by atomic mass is 16.7. The first-order valence-electron chi connectivity index (χ1n) is 6.68. The maximum absolute atomic E-state index is 11.7. The number of nitrogens with zero attached hydrogens (tertiary/aromatic N) is 1. The molecule has 0 aliphatic carbocycles. The third kappa shape index (κ3) is 4.51. The molecule has 1 aromatic carbocycles. The van der Waals surface area contributed by atoms with Crippen LogP contribution >= 0.6 is 0 Å². The van der Waals surface area contributed by atoms with E-state index in [9.17, 15) is 14.9 Å². The van der Waals surface area contributed by atoms with Gasteiger partial charge in [-0.15, -0.1) is 0 Å². The molecule has 0 bridgehead atoms. The summed E-state index contributed by atoms with van der Waals surface area (Å²) >= 11 is 0. The summed E-state index contributed by atoms with van der Waals surface area (Å²) in [5, 5.41) is 10.5. The number of benzene rings is 1. The van der Waals surface area contributed by atoms with E-state index in [-0.39, 0.29) is 36.9 Å². The van der Waals surface area contributed by atoms with Gasteiger partial charge in [0.1, 0.15) is 6.61 Å². The molecule has 1 aromatic rings. The highest BCUT2D eigenvalue weighted by Gasteiger charge is 2.25. The normalized spacial score (nSPS) is 16.6. The number of esters is 1. The first-order valence-corrected chi connectivity index (χ1v) is 6.68. The highest BCUT2D eigenvalue weighted by molar-refractivity contribution is 5.69. The number of hydrogen-bond donors (Lipinski definition) is 0. The lowest BCUT2D eigenvalue weighted by atomic mass is 10.1. The Morgan fingerprint density at radius 1 is 1.38 bits per heavy atom. The minimum Gasteiger partial charge on any atom is -0.461 e. The van der Waals surface area contributed by atoms with E-state index in [0.717, 1.165) is 0 Å². The van der Waals surface area contributed by atoms with E-state index in [0.29, 0.717) is 18.8 Å². The molecule has 0 radical (unpaired) electrons. The summed E-state index contributed by atoms with van der Waals surface area (Å²) in [5.41, 5.74) is 0.712. The van der Waals surface area contributed by atoms with E-state index >= 15 is 0 Å². The van der Waals surface area contributed by atoms with Crippen LogP contribution in [-0.2, 0) is 25.6 Å². The van der Waals surface area contributed by atoms with Gasteiger partial charge in [-0.1, -0.05) is 6.92 Å². The summed E-state index contributed by atoms with van der Waals surface area (Å²) in [4.78, 5) is 21.8. The van der Waals surface area contributed by atoms with Crippen LogP contribution in [-0.4, -0.2) is 30.4 Å². The van der Waals surface area contributed by atoms with Crippen molar-refractivity contribution in [1.82, 2.24) is 0 Å². The van der Waals surface area contributed by atoms with E-state index in [1.165, 1.54) is 12.1 Å². The Kier molecular flexibility index (Phi) is 5.24. The van der Waals surface area contributed by atoms with Gasteiger partial charge >= 0.3 is 5.97 Å². The van der Waals surface area contributed by atoms with E-state index < -0.39 is 4.92 Å². The second-order valence-corrected chi connectivity index (χ2v) is 4.88. The second kappa shape index (κ2) is 7.14. The SMILES string of the molecule is CC(CC(=O)OCc1ccc([N+](=O)[O-])cc1)C1OCCO1. The second-order valence-electron chi connectivity index (χ2n) is 4.88. The van der Waals surface area contributed by atoms with Gasteiger partial charge in [0.2, 0.25) is 0 Å². The molecule has 0 spiro atoms. The fourth-order valence-electron chi connectivity index (χ4n) is 2.00. The molecule has 1 fully saturated rings. The maximum Gasteiger partial charge on any atom is 0.306 e. The van der Waals surface area contributed by atoms with E-state index in [4.69, 9.17) is 14.2 Å². The summed E-state index contributed by atoms with van der Waals surface area (Å²) in [7, 11) is 0. The van der Waals surface area contributed by atoms with Crippen LogP contribution in [0.4, 0.5) is 5.69 Å². The maximum atomic E-state index is 11.7. The van der Waals surface area contributed by atoms with Crippen LogP contribution in [0, 0.1) is 16.0 Å². The molecule has 21 heavy (non-hydrogen) atoms. The molecule has 0 N–H and O–H groups in total. The largest absolute Gasteiger partial charge is 0.461 e. The standard InChI is InChI=1S/C14H17NO6/c1-10(14-19-6-7-20-14)8-13(16)21-9-11-2-4-12(5-3-11)15(17)18/h2-5,10,14H,6-9H2,1H3. The number of hydrogen-bond acceptors (Lipinski definition) is 6. The highest BCUT2D eigenvalue weighted by Crippen LogP contribution is 2.18. The minimum atomic E-state index is -0.473. The van der Waals surface area contributed by atoms with Crippen molar-refractivity contribution in [1.29, 1.82) is 0 Å². The fraction of sp³-hybridized carbons (Fsp3) is 0.500. The molecule has 1 aliphatic heterocycles. The first-order chi connectivity index (χ1) is 10.1. The summed E-state index contributed by atoms with van der Waals surface area (Å²) in [5.74, 6) is -0.420. The van der Waals surface area contributed by atoms with Crippen LogP contribution in [0.15, 0.2) is 24.3 Å². The zero-order chi connectivity index (χ0) is 15.2.